The van der Waals surface area contributed by atoms with Gasteiger partial charge < -0.3 is 9.88 Å². The van der Waals surface area contributed by atoms with Crippen molar-refractivity contribution in [2.75, 3.05) is 0 Å². The second-order valence-electron chi connectivity index (χ2n) is 6.85. The van der Waals surface area contributed by atoms with Crippen molar-refractivity contribution in [3.63, 3.8) is 0 Å². The number of amides is 1. The lowest BCUT2D eigenvalue weighted by molar-refractivity contribution is -0.137. The highest BCUT2D eigenvalue weighted by molar-refractivity contribution is 7.98. The monoisotopic (exact) mass is 434 g/mol. The smallest absolute Gasteiger partial charge is 0.342 e. The van der Waals surface area contributed by atoms with E-state index in [-0.39, 0.29) is 0 Å². The molecule has 0 aliphatic heterocycles. The van der Waals surface area contributed by atoms with Crippen LogP contribution in [0, 0.1) is 6.92 Å². The number of aromatic nitrogens is 3. The number of rotatable bonds is 6. The maximum absolute atomic E-state index is 13.2. The van der Waals surface area contributed by atoms with Crippen LogP contribution >= 0.6 is 11.8 Å². The quantitative estimate of drug-likeness (QED) is 0.559. The number of nitrogens with one attached hydrogen (secondary N) is 1. The highest BCUT2D eigenvalue weighted by Crippen LogP contribution is 2.32. The molecule has 0 saturated carbocycles. The normalized spacial score (nSPS) is 12.6. The van der Waals surface area contributed by atoms with E-state index in [4.69, 9.17) is 0 Å². The Kier molecular flexibility index (Phi) is 6.50. The zero-order valence-electron chi connectivity index (χ0n) is 16.7. The standard InChI is InChI=1S/C21H21F3N4OS/c1-13-8-4-5-9-15(13)12-30-20-27-26-18(28(20)3)14(2)25-19(29)16-10-6-7-11-17(16)21(22,23)24/h4-11,14H,12H2,1-3H3,(H,25,29)/t14-/m1/s1. The SMILES string of the molecule is Cc1ccccc1CSc1nnc([C@@H](C)NC(=O)c2ccccc2C(F)(F)F)n1C. The number of carbonyl (C=O) groups is 1. The number of carbonyl (C=O) groups excluding carboxylic acids is 1. The van der Waals surface area contributed by atoms with Crippen LogP contribution in [0.4, 0.5) is 13.2 Å². The van der Waals surface area contributed by atoms with Crippen molar-refractivity contribution in [1.29, 1.82) is 0 Å². The first-order valence-electron chi connectivity index (χ1n) is 9.22. The molecule has 3 rings (SSSR count). The van der Waals surface area contributed by atoms with E-state index in [0.29, 0.717) is 16.7 Å². The molecule has 0 fully saturated rings. The zero-order chi connectivity index (χ0) is 21.9. The topological polar surface area (TPSA) is 59.8 Å². The molecule has 0 aliphatic rings. The van der Waals surface area contributed by atoms with E-state index in [0.717, 1.165) is 12.1 Å². The van der Waals surface area contributed by atoms with Crippen LogP contribution < -0.4 is 5.32 Å². The van der Waals surface area contributed by atoms with E-state index in [1.54, 1.807) is 18.5 Å². The summed E-state index contributed by atoms with van der Waals surface area (Å²) in [5.41, 5.74) is 0.962. The van der Waals surface area contributed by atoms with Crippen LogP contribution in [0.25, 0.3) is 0 Å². The van der Waals surface area contributed by atoms with E-state index in [2.05, 4.69) is 15.5 Å². The van der Waals surface area contributed by atoms with Crippen LogP contribution in [-0.4, -0.2) is 20.7 Å². The molecule has 9 heteroatoms. The van der Waals surface area contributed by atoms with Crippen LogP contribution in [0.5, 0.6) is 0 Å². The molecule has 1 aromatic heterocycles. The molecule has 0 spiro atoms. The molecule has 2 aromatic carbocycles. The number of alkyl halides is 3. The number of hydrogen-bond donors (Lipinski definition) is 1. The lowest BCUT2D eigenvalue weighted by Crippen LogP contribution is -2.30. The van der Waals surface area contributed by atoms with Gasteiger partial charge in [-0.15, -0.1) is 10.2 Å². The first-order chi connectivity index (χ1) is 14.2. The largest absolute Gasteiger partial charge is 0.417 e. The second kappa shape index (κ2) is 8.91. The van der Waals surface area contributed by atoms with Crippen molar-refractivity contribution in [3.05, 3.63) is 76.6 Å². The van der Waals surface area contributed by atoms with E-state index in [9.17, 15) is 18.0 Å². The van der Waals surface area contributed by atoms with Gasteiger partial charge in [0, 0.05) is 12.8 Å². The molecule has 1 heterocycles. The summed E-state index contributed by atoms with van der Waals surface area (Å²) in [5.74, 6) is 0.353. The van der Waals surface area contributed by atoms with Gasteiger partial charge in [-0.1, -0.05) is 48.2 Å². The van der Waals surface area contributed by atoms with Crippen LogP contribution in [0.1, 0.15) is 45.8 Å². The van der Waals surface area contributed by atoms with E-state index >= 15 is 0 Å². The number of nitrogens with zero attached hydrogens (tertiary/aromatic N) is 3. The Balaban J connectivity index is 1.72. The molecule has 5 nitrogen and oxygen atoms in total. The van der Waals surface area contributed by atoms with Gasteiger partial charge in [-0.25, -0.2) is 0 Å². The Morgan fingerprint density at radius 1 is 1.13 bits per heavy atom. The summed E-state index contributed by atoms with van der Waals surface area (Å²) >= 11 is 1.50. The molecule has 1 N–H and O–H groups in total. The molecular formula is C21H21F3N4OS. The molecular weight excluding hydrogens is 413 g/mol. The average Bonchev–Trinajstić information content (AvgIpc) is 3.07. The minimum absolute atomic E-state index is 0.423. The van der Waals surface area contributed by atoms with Crippen LogP contribution in [0.3, 0.4) is 0 Å². The summed E-state index contributed by atoms with van der Waals surface area (Å²) in [7, 11) is 1.77. The van der Waals surface area contributed by atoms with Crippen molar-refractivity contribution in [1.82, 2.24) is 20.1 Å². The molecule has 1 amide bonds. The first kappa shape index (κ1) is 21.9. The van der Waals surface area contributed by atoms with Crippen molar-refractivity contribution in [3.8, 4) is 0 Å². The second-order valence-corrected chi connectivity index (χ2v) is 7.80. The van der Waals surface area contributed by atoms with Crippen LogP contribution in [0.2, 0.25) is 0 Å². The van der Waals surface area contributed by atoms with Gasteiger partial charge in [-0.2, -0.15) is 13.2 Å². The minimum Gasteiger partial charge on any atom is -0.342 e. The minimum atomic E-state index is -4.61. The van der Waals surface area contributed by atoms with Gasteiger partial charge in [0.2, 0.25) is 0 Å². The fourth-order valence-electron chi connectivity index (χ4n) is 3.01. The van der Waals surface area contributed by atoms with Crippen molar-refractivity contribution < 1.29 is 18.0 Å². The van der Waals surface area contributed by atoms with Gasteiger partial charge in [-0.3, -0.25) is 4.79 Å². The molecule has 0 unspecified atom stereocenters. The third kappa shape index (κ3) is 4.84. The van der Waals surface area contributed by atoms with Crippen molar-refractivity contribution >= 4 is 17.7 Å². The molecule has 158 valence electrons. The number of aryl methyl sites for hydroxylation is 1. The fourth-order valence-corrected chi connectivity index (χ4v) is 4.00. The number of thioether (sulfide) groups is 1. The summed E-state index contributed by atoms with van der Waals surface area (Å²) in [5, 5.41) is 11.5. The predicted octanol–water partition coefficient (Wildman–Crippen LogP) is 4.93. The Hall–Kier alpha value is -2.81. The lowest BCUT2D eigenvalue weighted by atomic mass is 10.1. The van der Waals surface area contributed by atoms with Gasteiger partial charge in [0.1, 0.15) is 0 Å². The molecule has 30 heavy (non-hydrogen) atoms. The van der Waals surface area contributed by atoms with Gasteiger partial charge >= 0.3 is 6.18 Å². The van der Waals surface area contributed by atoms with Crippen molar-refractivity contribution in [2.24, 2.45) is 7.05 Å². The third-order valence-corrected chi connectivity index (χ3v) is 5.77. The maximum atomic E-state index is 13.2. The van der Waals surface area contributed by atoms with E-state index in [1.165, 1.54) is 35.0 Å². The van der Waals surface area contributed by atoms with Crippen LogP contribution in [-0.2, 0) is 19.0 Å². The molecule has 0 saturated heterocycles. The molecule has 1 atom stereocenters. The molecule has 3 aromatic rings. The predicted molar refractivity (Wildman–Crippen MR) is 109 cm³/mol. The Morgan fingerprint density at radius 2 is 1.80 bits per heavy atom. The first-order valence-corrected chi connectivity index (χ1v) is 10.2. The van der Waals surface area contributed by atoms with Gasteiger partial charge in [0.25, 0.3) is 5.91 Å². The molecule has 0 radical (unpaired) electrons. The zero-order valence-corrected chi connectivity index (χ0v) is 17.5. The Bertz CT molecular complexity index is 1050. The molecule has 0 bridgehead atoms. The van der Waals surface area contributed by atoms with Crippen molar-refractivity contribution in [2.45, 2.75) is 37.0 Å². The van der Waals surface area contributed by atoms with E-state index < -0.39 is 29.3 Å². The van der Waals surface area contributed by atoms with Crippen LogP contribution in [0.15, 0.2) is 53.7 Å². The number of benzene rings is 2. The van der Waals surface area contributed by atoms with Gasteiger partial charge in [0.05, 0.1) is 17.2 Å². The lowest BCUT2D eigenvalue weighted by Gasteiger charge is -2.16. The Labute approximate surface area is 176 Å². The highest BCUT2D eigenvalue weighted by Gasteiger charge is 2.35. The average molecular weight is 434 g/mol. The third-order valence-electron chi connectivity index (χ3n) is 4.70. The van der Waals surface area contributed by atoms with Gasteiger partial charge in [-0.05, 0) is 37.1 Å². The molecule has 0 aliphatic carbocycles. The van der Waals surface area contributed by atoms with E-state index in [1.807, 2.05) is 31.2 Å². The number of hydrogen-bond acceptors (Lipinski definition) is 4. The maximum Gasteiger partial charge on any atom is 0.417 e. The fraction of sp³-hybridized carbons (Fsp3) is 0.286. The highest BCUT2D eigenvalue weighted by atomic mass is 32.2. The summed E-state index contributed by atoms with van der Waals surface area (Å²) in [6, 6.07) is 12.1. The summed E-state index contributed by atoms with van der Waals surface area (Å²) in [6.07, 6.45) is -4.61. The summed E-state index contributed by atoms with van der Waals surface area (Å²) in [4.78, 5) is 12.5. The Morgan fingerprint density at radius 3 is 2.50 bits per heavy atom. The number of halogens is 3. The summed E-state index contributed by atoms with van der Waals surface area (Å²) in [6.45, 7) is 3.70. The van der Waals surface area contributed by atoms with Gasteiger partial charge in [0.15, 0.2) is 11.0 Å². The summed E-state index contributed by atoms with van der Waals surface area (Å²) < 4.78 is 41.3.